The summed E-state index contributed by atoms with van der Waals surface area (Å²) in [7, 11) is 0. The van der Waals surface area contributed by atoms with Crippen LogP contribution in [-0.2, 0) is 13.0 Å². The van der Waals surface area contributed by atoms with Gasteiger partial charge in [0, 0.05) is 18.9 Å². The maximum absolute atomic E-state index is 5.78. The van der Waals surface area contributed by atoms with Crippen LogP contribution in [0.5, 0.6) is 0 Å². The molecule has 0 spiro atoms. The summed E-state index contributed by atoms with van der Waals surface area (Å²) >= 11 is 1.59. The third-order valence-corrected chi connectivity index (χ3v) is 4.15. The maximum atomic E-state index is 5.78. The second-order valence-corrected chi connectivity index (χ2v) is 6.09. The number of nitrogens with two attached hydrogens (primary N) is 1. The first-order valence-electron chi connectivity index (χ1n) is 6.67. The Morgan fingerprint density at radius 3 is 2.65 bits per heavy atom. The van der Waals surface area contributed by atoms with E-state index in [4.69, 9.17) is 5.73 Å². The topological polar surface area (TPSA) is 69.1 Å². The van der Waals surface area contributed by atoms with Crippen molar-refractivity contribution < 1.29 is 0 Å². The minimum atomic E-state index is 0.316. The number of benzene rings is 1. The molecule has 0 fully saturated rings. The number of fused-ring (bicyclic) bond motifs is 1. The lowest BCUT2D eigenvalue weighted by atomic mass is 10.1. The van der Waals surface area contributed by atoms with Gasteiger partial charge < -0.3 is 5.73 Å². The Morgan fingerprint density at radius 1 is 1.20 bits per heavy atom. The van der Waals surface area contributed by atoms with Gasteiger partial charge in [0.25, 0.3) is 0 Å². The number of hydrogen-bond donors (Lipinski definition) is 1. The summed E-state index contributed by atoms with van der Waals surface area (Å²) in [6.07, 6.45) is 0.791. The zero-order chi connectivity index (χ0) is 14.1. The van der Waals surface area contributed by atoms with Gasteiger partial charge >= 0.3 is 0 Å². The van der Waals surface area contributed by atoms with Crippen molar-refractivity contribution in [2.75, 3.05) is 0 Å². The molecule has 0 radical (unpaired) electrons. The van der Waals surface area contributed by atoms with Crippen LogP contribution in [0, 0.1) is 0 Å². The largest absolute Gasteiger partial charge is 0.326 e. The van der Waals surface area contributed by atoms with Crippen LogP contribution in [0.15, 0.2) is 24.3 Å². The lowest BCUT2D eigenvalue weighted by Gasteiger charge is -2.04. The Bertz CT molecular complexity index is 728. The summed E-state index contributed by atoms with van der Waals surface area (Å²) in [6, 6.07) is 8.22. The molecule has 0 amide bonds. The van der Waals surface area contributed by atoms with Crippen molar-refractivity contribution >= 4 is 16.3 Å². The summed E-state index contributed by atoms with van der Waals surface area (Å²) in [5, 5.41) is 14.0. The predicted octanol–water partition coefficient (Wildman–Crippen LogP) is 2.36. The highest BCUT2D eigenvalue weighted by Crippen LogP contribution is 2.21. The third kappa shape index (κ3) is 2.32. The molecule has 0 unspecified atom stereocenters. The van der Waals surface area contributed by atoms with E-state index in [1.807, 2.05) is 16.6 Å². The first kappa shape index (κ1) is 13.2. The Hall–Kier alpha value is -1.79. The van der Waals surface area contributed by atoms with Crippen molar-refractivity contribution in [2.24, 2.45) is 5.73 Å². The molecule has 0 bridgehead atoms. The Labute approximate surface area is 121 Å². The normalized spacial score (nSPS) is 11.6. The highest BCUT2D eigenvalue weighted by molar-refractivity contribution is 7.16. The van der Waals surface area contributed by atoms with Gasteiger partial charge in [0.15, 0.2) is 5.82 Å². The number of hydrogen-bond acceptors (Lipinski definition) is 5. The van der Waals surface area contributed by atoms with Gasteiger partial charge in [-0.05, 0) is 11.1 Å². The lowest BCUT2D eigenvalue weighted by molar-refractivity contribution is 0.719. The number of nitrogens with zero attached hydrogens (tertiary/aromatic N) is 4. The van der Waals surface area contributed by atoms with Crippen LogP contribution in [-0.4, -0.2) is 19.8 Å². The van der Waals surface area contributed by atoms with Crippen LogP contribution in [0.2, 0.25) is 0 Å². The smallest absolute Gasteiger partial charge is 0.234 e. The summed E-state index contributed by atoms with van der Waals surface area (Å²) in [4.78, 5) is 0.855. The average Bonchev–Trinajstić information content (AvgIpc) is 2.98. The van der Waals surface area contributed by atoms with E-state index in [0.717, 1.165) is 22.2 Å². The first-order chi connectivity index (χ1) is 9.69. The van der Waals surface area contributed by atoms with Crippen LogP contribution < -0.4 is 5.73 Å². The molecular formula is C14H17N5S. The van der Waals surface area contributed by atoms with Gasteiger partial charge in [0.05, 0.1) is 0 Å². The van der Waals surface area contributed by atoms with Gasteiger partial charge in [-0.2, -0.15) is 9.61 Å². The van der Waals surface area contributed by atoms with Gasteiger partial charge in [0.2, 0.25) is 4.96 Å². The molecule has 2 heterocycles. The van der Waals surface area contributed by atoms with Gasteiger partial charge in [0.1, 0.15) is 5.01 Å². The SMILES string of the molecule is CC(C)c1nnc2sc(Cc3ccccc3CN)nn12. The molecule has 1 aromatic carbocycles. The van der Waals surface area contributed by atoms with Crippen molar-refractivity contribution in [3.63, 3.8) is 0 Å². The standard InChI is InChI=1S/C14H17N5S/c1-9(2)13-16-17-14-19(13)18-12(20-14)7-10-5-3-4-6-11(10)8-15/h3-6,9H,7-8,15H2,1-2H3. The van der Waals surface area contributed by atoms with E-state index in [1.165, 1.54) is 11.1 Å². The van der Waals surface area contributed by atoms with E-state index in [9.17, 15) is 0 Å². The highest BCUT2D eigenvalue weighted by Gasteiger charge is 2.14. The molecule has 0 aliphatic carbocycles. The van der Waals surface area contributed by atoms with E-state index in [1.54, 1.807) is 11.3 Å². The highest BCUT2D eigenvalue weighted by atomic mass is 32.1. The first-order valence-corrected chi connectivity index (χ1v) is 7.48. The fraction of sp³-hybridized carbons (Fsp3) is 0.357. The van der Waals surface area contributed by atoms with Crippen molar-refractivity contribution in [1.82, 2.24) is 19.8 Å². The molecule has 0 saturated carbocycles. The fourth-order valence-corrected chi connectivity index (χ4v) is 3.06. The lowest BCUT2D eigenvalue weighted by Crippen LogP contribution is -2.03. The number of rotatable bonds is 4. The van der Waals surface area contributed by atoms with Crippen LogP contribution >= 0.6 is 11.3 Å². The average molecular weight is 287 g/mol. The second kappa shape index (κ2) is 5.30. The molecule has 5 nitrogen and oxygen atoms in total. The van der Waals surface area contributed by atoms with Gasteiger partial charge in [-0.15, -0.1) is 10.2 Å². The number of aromatic nitrogens is 4. The fourth-order valence-electron chi connectivity index (χ4n) is 2.20. The van der Waals surface area contributed by atoms with Gasteiger partial charge in [-0.3, -0.25) is 0 Å². The van der Waals surface area contributed by atoms with Crippen LogP contribution in [0.1, 0.15) is 41.7 Å². The van der Waals surface area contributed by atoms with Crippen molar-refractivity contribution in [3.05, 3.63) is 46.2 Å². The Balaban J connectivity index is 1.95. The zero-order valence-corrected chi connectivity index (χ0v) is 12.4. The van der Waals surface area contributed by atoms with Crippen molar-refractivity contribution in [2.45, 2.75) is 32.7 Å². The molecule has 0 saturated heterocycles. The minimum absolute atomic E-state index is 0.316. The molecule has 0 aliphatic heterocycles. The molecule has 6 heteroatoms. The van der Waals surface area contributed by atoms with E-state index in [0.29, 0.717) is 12.5 Å². The van der Waals surface area contributed by atoms with E-state index in [-0.39, 0.29) is 0 Å². The van der Waals surface area contributed by atoms with Gasteiger partial charge in [-0.25, -0.2) is 0 Å². The third-order valence-electron chi connectivity index (χ3n) is 3.25. The monoisotopic (exact) mass is 287 g/mol. The molecule has 0 aliphatic rings. The van der Waals surface area contributed by atoms with Crippen LogP contribution in [0.3, 0.4) is 0 Å². The maximum Gasteiger partial charge on any atom is 0.234 e. The molecule has 3 aromatic rings. The Morgan fingerprint density at radius 2 is 1.95 bits per heavy atom. The van der Waals surface area contributed by atoms with E-state index < -0.39 is 0 Å². The summed E-state index contributed by atoms with van der Waals surface area (Å²) in [5.74, 6) is 1.23. The van der Waals surface area contributed by atoms with Crippen molar-refractivity contribution in [3.8, 4) is 0 Å². The molecule has 3 rings (SSSR count). The molecule has 0 atom stereocenters. The van der Waals surface area contributed by atoms with Crippen LogP contribution in [0.25, 0.3) is 4.96 Å². The molecule has 2 N–H and O–H groups in total. The van der Waals surface area contributed by atoms with Crippen LogP contribution in [0.4, 0.5) is 0 Å². The van der Waals surface area contributed by atoms with E-state index in [2.05, 4.69) is 41.3 Å². The molecule has 20 heavy (non-hydrogen) atoms. The molecule has 2 aromatic heterocycles. The molecular weight excluding hydrogens is 270 g/mol. The summed E-state index contributed by atoms with van der Waals surface area (Å²) in [5.41, 5.74) is 8.18. The zero-order valence-electron chi connectivity index (χ0n) is 11.6. The summed E-state index contributed by atoms with van der Waals surface area (Å²) in [6.45, 7) is 4.75. The summed E-state index contributed by atoms with van der Waals surface area (Å²) < 4.78 is 1.86. The molecule has 104 valence electrons. The quantitative estimate of drug-likeness (QED) is 0.799. The second-order valence-electron chi connectivity index (χ2n) is 5.05. The predicted molar refractivity (Wildman–Crippen MR) is 79.9 cm³/mol. The minimum Gasteiger partial charge on any atom is -0.326 e. The van der Waals surface area contributed by atoms with E-state index >= 15 is 0 Å². The Kier molecular flexibility index (Phi) is 3.50. The van der Waals surface area contributed by atoms with Crippen molar-refractivity contribution in [1.29, 1.82) is 0 Å². The van der Waals surface area contributed by atoms with Gasteiger partial charge in [-0.1, -0.05) is 49.4 Å².